The zero-order chi connectivity index (χ0) is 16.1. The summed E-state index contributed by atoms with van der Waals surface area (Å²) in [5.41, 5.74) is 3.35. The summed E-state index contributed by atoms with van der Waals surface area (Å²) in [4.78, 5) is 8.54. The highest BCUT2D eigenvalue weighted by Crippen LogP contribution is 2.23. The Balaban J connectivity index is 1.64. The van der Waals surface area contributed by atoms with Crippen LogP contribution >= 0.6 is 0 Å². The minimum absolute atomic E-state index is 0.497. The SMILES string of the molecule is Cc1cnc(NCc2ccc(C)cc2OCC2CCOC2)nc1. The second kappa shape index (κ2) is 7.42. The van der Waals surface area contributed by atoms with E-state index in [4.69, 9.17) is 9.47 Å². The highest BCUT2D eigenvalue weighted by atomic mass is 16.5. The standard InChI is InChI=1S/C18H23N3O2/c1-13-3-4-16(10-21-18-19-8-14(2)9-20-18)17(7-13)23-12-15-5-6-22-11-15/h3-4,7-9,15H,5-6,10-12H2,1-2H3,(H,19,20,21). The summed E-state index contributed by atoms with van der Waals surface area (Å²) in [5.74, 6) is 2.06. The van der Waals surface area contributed by atoms with Gasteiger partial charge in [-0.15, -0.1) is 0 Å². The number of aryl methyl sites for hydroxylation is 2. The first-order valence-corrected chi connectivity index (χ1v) is 8.03. The van der Waals surface area contributed by atoms with Gasteiger partial charge in [0.15, 0.2) is 0 Å². The predicted molar refractivity (Wildman–Crippen MR) is 89.7 cm³/mol. The van der Waals surface area contributed by atoms with E-state index in [1.54, 1.807) is 0 Å². The molecule has 5 nitrogen and oxygen atoms in total. The molecule has 0 aliphatic carbocycles. The van der Waals surface area contributed by atoms with Crippen LogP contribution in [0.1, 0.15) is 23.1 Å². The first-order chi connectivity index (χ1) is 11.2. The maximum Gasteiger partial charge on any atom is 0.222 e. The summed E-state index contributed by atoms with van der Waals surface area (Å²) >= 11 is 0. The fraction of sp³-hybridized carbons (Fsp3) is 0.444. The molecule has 0 radical (unpaired) electrons. The Morgan fingerprint density at radius 1 is 1.22 bits per heavy atom. The largest absolute Gasteiger partial charge is 0.493 e. The molecule has 1 fully saturated rings. The van der Waals surface area contributed by atoms with Crippen LogP contribution in [0.25, 0.3) is 0 Å². The molecule has 5 heteroatoms. The number of benzene rings is 1. The summed E-state index contributed by atoms with van der Waals surface area (Å²) in [5, 5.41) is 3.25. The molecule has 1 aromatic carbocycles. The number of hydrogen-bond donors (Lipinski definition) is 1. The van der Waals surface area contributed by atoms with Crippen molar-refractivity contribution in [3.05, 3.63) is 47.3 Å². The molecule has 0 spiro atoms. The quantitative estimate of drug-likeness (QED) is 0.888. The summed E-state index contributed by atoms with van der Waals surface area (Å²) in [6.07, 6.45) is 4.70. The number of anilines is 1. The van der Waals surface area contributed by atoms with Gasteiger partial charge in [-0.2, -0.15) is 0 Å². The average molecular weight is 313 g/mol. The lowest BCUT2D eigenvalue weighted by molar-refractivity contribution is 0.167. The Hall–Kier alpha value is -2.14. The molecule has 23 heavy (non-hydrogen) atoms. The Morgan fingerprint density at radius 2 is 2.04 bits per heavy atom. The summed E-state index contributed by atoms with van der Waals surface area (Å²) in [6, 6.07) is 6.28. The smallest absolute Gasteiger partial charge is 0.222 e. The van der Waals surface area contributed by atoms with Gasteiger partial charge in [0.25, 0.3) is 0 Å². The van der Waals surface area contributed by atoms with E-state index in [0.29, 0.717) is 25.0 Å². The molecule has 1 aliphatic rings. The van der Waals surface area contributed by atoms with Crippen LogP contribution in [0.2, 0.25) is 0 Å². The van der Waals surface area contributed by atoms with Crippen LogP contribution in [0, 0.1) is 19.8 Å². The van der Waals surface area contributed by atoms with E-state index in [9.17, 15) is 0 Å². The Labute approximate surface area is 137 Å². The van der Waals surface area contributed by atoms with Gasteiger partial charge in [-0.1, -0.05) is 12.1 Å². The van der Waals surface area contributed by atoms with E-state index < -0.39 is 0 Å². The lowest BCUT2D eigenvalue weighted by Gasteiger charge is -2.15. The average Bonchev–Trinajstić information content (AvgIpc) is 3.07. The Bertz CT molecular complexity index is 637. The molecule has 0 amide bonds. The van der Waals surface area contributed by atoms with E-state index in [1.807, 2.05) is 19.3 Å². The first-order valence-electron chi connectivity index (χ1n) is 8.03. The van der Waals surface area contributed by atoms with E-state index in [0.717, 1.165) is 36.5 Å². The van der Waals surface area contributed by atoms with Crippen molar-refractivity contribution in [1.29, 1.82) is 0 Å². The third-order valence-electron chi connectivity index (χ3n) is 3.94. The van der Waals surface area contributed by atoms with Crippen molar-refractivity contribution in [3.63, 3.8) is 0 Å². The minimum Gasteiger partial charge on any atom is -0.493 e. The van der Waals surface area contributed by atoms with Gasteiger partial charge in [0, 0.05) is 37.0 Å². The monoisotopic (exact) mass is 313 g/mol. The number of nitrogens with zero attached hydrogens (tertiary/aromatic N) is 2. The summed E-state index contributed by atoms with van der Waals surface area (Å²) < 4.78 is 11.5. The highest BCUT2D eigenvalue weighted by Gasteiger charge is 2.17. The lowest BCUT2D eigenvalue weighted by Crippen LogP contribution is -2.13. The maximum atomic E-state index is 6.05. The van der Waals surface area contributed by atoms with Crippen LogP contribution in [-0.2, 0) is 11.3 Å². The molecule has 1 atom stereocenters. The Morgan fingerprint density at radius 3 is 2.78 bits per heavy atom. The zero-order valence-electron chi connectivity index (χ0n) is 13.7. The minimum atomic E-state index is 0.497. The topological polar surface area (TPSA) is 56.3 Å². The molecule has 0 bridgehead atoms. The number of nitrogens with one attached hydrogen (secondary N) is 1. The molecular weight excluding hydrogens is 290 g/mol. The van der Waals surface area contributed by atoms with Crippen LogP contribution in [0.4, 0.5) is 5.95 Å². The third kappa shape index (κ3) is 4.42. The summed E-state index contributed by atoms with van der Waals surface area (Å²) in [6.45, 7) is 7.04. The van der Waals surface area contributed by atoms with Crippen LogP contribution in [0.15, 0.2) is 30.6 Å². The first kappa shape index (κ1) is 15.7. The fourth-order valence-corrected chi connectivity index (χ4v) is 2.52. The molecule has 3 rings (SSSR count). The number of hydrogen-bond acceptors (Lipinski definition) is 5. The number of rotatable bonds is 6. The molecule has 1 aromatic heterocycles. The van der Waals surface area contributed by atoms with Crippen molar-refractivity contribution in [2.45, 2.75) is 26.8 Å². The molecule has 2 heterocycles. The second-order valence-corrected chi connectivity index (χ2v) is 6.09. The normalized spacial score (nSPS) is 17.2. The van der Waals surface area contributed by atoms with Gasteiger partial charge in [-0.3, -0.25) is 0 Å². The van der Waals surface area contributed by atoms with Crippen LogP contribution in [-0.4, -0.2) is 29.8 Å². The molecule has 1 aliphatic heterocycles. The molecule has 1 unspecified atom stereocenters. The number of ether oxygens (including phenoxy) is 2. The van der Waals surface area contributed by atoms with Gasteiger partial charge in [0.2, 0.25) is 5.95 Å². The van der Waals surface area contributed by atoms with Crippen LogP contribution in [0.3, 0.4) is 0 Å². The van der Waals surface area contributed by atoms with Gasteiger partial charge in [-0.25, -0.2) is 9.97 Å². The zero-order valence-corrected chi connectivity index (χ0v) is 13.7. The predicted octanol–water partition coefficient (Wildman–Crippen LogP) is 3.12. The van der Waals surface area contributed by atoms with Crippen molar-refractivity contribution in [3.8, 4) is 5.75 Å². The van der Waals surface area contributed by atoms with Crippen LogP contribution in [0.5, 0.6) is 5.75 Å². The van der Waals surface area contributed by atoms with Gasteiger partial charge in [0.1, 0.15) is 5.75 Å². The third-order valence-corrected chi connectivity index (χ3v) is 3.94. The molecule has 1 N–H and O–H groups in total. The lowest BCUT2D eigenvalue weighted by atomic mass is 10.1. The van der Waals surface area contributed by atoms with Crippen molar-refractivity contribution in [2.24, 2.45) is 5.92 Å². The maximum absolute atomic E-state index is 6.05. The number of aromatic nitrogens is 2. The Kier molecular flexibility index (Phi) is 5.08. The molecular formula is C18H23N3O2. The van der Waals surface area contributed by atoms with Crippen LogP contribution < -0.4 is 10.1 Å². The van der Waals surface area contributed by atoms with Gasteiger partial charge < -0.3 is 14.8 Å². The van der Waals surface area contributed by atoms with Crippen molar-refractivity contribution >= 4 is 5.95 Å². The van der Waals surface area contributed by atoms with E-state index >= 15 is 0 Å². The van der Waals surface area contributed by atoms with Gasteiger partial charge >= 0.3 is 0 Å². The van der Waals surface area contributed by atoms with Crippen molar-refractivity contribution in [1.82, 2.24) is 9.97 Å². The van der Waals surface area contributed by atoms with E-state index in [1.165, 1.54) is 5.56 Å². The molecule has 122 valence electrons. The van der Waals surface area contributed by atoms with Gasteiger partial charge in [0.05, 0.1) is 13.2 Å². The highest BCUT2D eigenvalue weighted by molar-refractivity contribution is 5.39. The van der Waals surface area contributed by atoms with Gasteiger partial charge in [-0.05, 0) is 37.5 Å². The second-order valence-electron chi connectivity index (χ2n) is 6.09. The van der Waals surface area contributed by atoms with Crippen molar-refractivity contribution < 1.29 is 9.47 Å². The molecule has 0 saturated carbocycles. The van der Waals surface area contributed by atoms with Crippen molar-refractivity contribution in [2.75, 3.05) is 25.1 Å². The molecule has 2 aromatic rings. The summed E-state index contributed by atoms with van der Waals surface area (Å²) in [7, 11) is 0. The molecule has 1 saturated heterocycles. The van der Waals surface area contributed by atoms with E-state index in [2.05, 4.69) is 40.4 Å². The fourth-order valence-electron chi connectivity index (χ4n) is 2.52. The van der Waals surface area contributed by atoms with E-state index in [-0.39, 0.29) is 0 Å².